The molecule has 0 radical (unpaired) electrons. The van der Waals surface area contributed by atoms with Gasteiger partial charge in [0.1, 0.15) is 0 Å². The van der Waals surface area contributed by atoms with Crippen LogP contribution in [-0.4, -0.2) is 25.2 Å². The third-order valence-electron chi connectivity index (χ3n) is 5.63. The highest BCUT2D eigenvalue weighted by Crippen LogP contribution is 2.37. The molecule has 2 heterocycles. The van der Waals surface area contributed by atoms with Crippen molar-refractivity contribution in [1.29, 1.82) is 0 Å². The minimum atomic E-state index is -0.370. The molecule has 0 spiro atoms. The number of amides is 2. The van der Waals surface area contributed by atoms with E-state index < -0.39 is 0 Å². The van der Waals surface area contributed by atoms with Gasteiger partial charge in [0, 0.05) is 24.7 Å². The molecule has 6 heteroatoms. The highest BCUT2D eigenvalue weighted by molar-refractivity contribution is 6.00. The number of fused-ring (bicyclic) bond motifs is 1. The van der Waals surface area contributed by atoms with Crippen LogP contribution in [0, 0.1) is 5.92 Å². The quantitative estimate of drug-likeness (QED) is 0.838. The van der Waals surface area contributed by atoms with E-state index in [1.165, 1.54) is 5.56 Å². The van der Waals surface area contributed by atoms with Crippen molar-refractivity contribution in [2.45, 2.75) is 39.2 Å². The summed E-state index contributed by atoms with van der Waals surface area (Å²) in [4.78, 5) is 26.9. The maximum atomic E-state index is 12.8. The molecule has 2 aromatic carbocycles. The zero-order valence-electron chi connectivity index (χ0n) is 17.0. The van der Waals surface area contributed by atoms with Gasteiger partial charge in [0.2, 0.25) is 18.6 Å². The summed E-state index contributed by atoms with van der Waals surface area (Å²) < 4.78 is 10.7. The van der Waals surface area contributed by atoms with Crippen LogP contribution in [-0.2, 0) is 9.59 Å². The van der Waals surface area contributed by atoms with Gasteiger partial charge >= 0.3 is 0 Å². The first-order valence-corrected chi connectivity index (χ1v) is 10.0. The molecule has 1 N–H and O–H groups in total. The summed E-state index contributed by atoms with van der Waals surface area (Å²) >= 11 is 0. The van der Waals surface area contributed by atoms with Crippen LogP contribution in [0.5, 0.6) is 11.5 Å². The molecule has 29 heavy (non-hydrogen) atoms. The van der Waals surface area contributed by atoms with Gasteiger partial charge in [-0.25, -0.2) is 0 Å². The monoisotopic (exact) mass is 394 g/mol. The zero-order chi connectivity index (χ0) is 20.5. The van der Waals surface area contributed by atoms with E-state index >= 15 is 0 Å². The molecule has 2 aliphatic rings. The van der Waals surface area contributed by atoms with Crippen LogP contribution in [0.1, 0.15) is 50.3 Å². The normalized spacial score (nSPS) is 19.0. The van der Waals surface area contributed by atoms with Gasteiger partial charge in [-0.15, -0.1) is 0 Å². The molecule has 2 aliphatic heterocycles. The van der Waals surface area contributed by atoms with E-state index in [-0.39, 0.29) is 37.0 Å². The average molecular weight is 394 g/mol. The standard InChI is InChI=1S/C23H26N2O4/c1-14(2)16-4-6-17(7-5-16)15(3)24-23(27)18-10-22(26)25(12-18)19-8-9-20-21(11-19)29-13-28-20/h4-9,11,14-15,18H,10,12-13H2,1-3H3,(H,24,27)/t15-,18-/m1/s1. The molecule has 0 aromatic heterocycles. The summed E-state index contributed by atoms with van der Waals surface area (Å²) in [6.45, 7) is 6.83. The Bertz CT molecular complexity index is 923. The van der Waals surface area contributed by atoms with Gasteiger partial charge in [-0.2, -0.15) is 0 Å². The van der Waals surface area contributed by atoms with Crippen molar-refractivity contribution >= 4 is 17.5 Å². The van der Waals surface area contributed by atoms with Crippen molar-refractivity contribution in [3.8, 4) is 11.5 Å². The summed E-state index contributed by atoms with van der Waals surface area (Å²) in [5.41, 5.74) is 3.06. The van der Waals surface area contributed by atoms with E-state index in [9.17, 15) is 9.59 Å². The van der Waals surface area contributed by atoms with Crippen LogP contribution in [0.2, 0.25) is 0 Å². The first-order valence-electron chi connectivity index (χ1n) is 10.0. The van der Waals surface area contributed by atoms with Crippen LogP contribution >= 0.6 is 0 Å². The molecular formula is C23H26N2O4. The maximum absolute atomic E-state index is 12.8. The first-order chi connectivity index (χ1) is 13.9. The number of carbonyl (C=O) groups is 2. The fraction of sp³-hybridized carbons (Fsp3) is 0.391. The molecule has 0 unspecified atom stereocenters. The summed E-state index contributed by atoms with van der Waals surface area (Å²) in [5.74, 6) is 1.25. The van der Waals surface area contributed by atoms with Crippen molar-refractivity contribution in [3.63, 3.8) is 0 Å². The second-order valence-corrected chi connectivity index (χ2v) is 7.99. The van der Waals surface area contributed by atoms with Crippen LogP contribution in [0.3, 0.4) is 0 Å². The van der Waals surface area contributed by atoms with Gasteiger partial charge in [-0.05, 0) is 36.1 Å². The maximum Gasteiger partial charge on any atom is 0.231 e. The number of anilines is 1. The van der Waals surface area contributed by atoms with Crippen LogP contribution in [0.25, 0.3) is 0 Å². The number of hydrogen-bond donors (Lipinski definition) is 1. The van der Waals surface area contributed by atoms with Gasteiger partial charge in [-0.1, -0.05) is 38.1 Å². The van der Waals surface area contributed by atoms with E-state index in [1.807, 2.05) is 13.0 Å². The number of ether oxygens (including phenoxy) is 2. The van der Waals surface area contributed by atoms with E-state index in [2.05, 4.69) is 43.4 Å². The third-order valence-corrected chi connectivity index (χ3v) is 5.63. The molecule has 0 bridgehead atoms. The zero-order valence-corrected chi connectivity index (χ0v) is 17.0. The Morgan fingerprint density at radius 1 is 1.03 bits per heavy atom. The minimum Gasteiger partial charge on any atom is -0.454 e. The lowest BCUT2D eigenvalue weighted by Crippen LogP contribution is -2.34. The van der Waals surface area contributed by atoms with Crippen LogP contribution < -0.4 is 19.7 Å². The lowest BCUT2D eigenvalue weighted by atomic mass is 9.99. The fourth-order valence-corrected chi connectivity index (χ4v) is 3.77. The summed E-state index contributed by atoms with van der Waals surface area (Å²) in [6.07, 6.45) is 0.208. The molecule has 2 aromatic rings. The molecule has 0 aliphatic carbocycles. The predicted molar refractivity (Wildman–Crippen MR) is 110 cm³/mol. The van der Waals surface area contributed by atoms with E-state index in [0.29, 0.717) is 24.0 Å². The molecular weight excluding hydrogens is 368 g/mol. The van der Waals surface area contributed by atoms with E-state index in [4.69, 9.17) is 9.47 Å². The Morgan fingerprint density at radius 3 is 2.45 bits per heavy atom. The number of nitrogens with zero attached hydrogens (tertiary/aromatic N) is 1. The number of hydrogen-bond acceptors (Lipinski definition) is 4. The highest BCUT2D eigenvalue weighted by Gasteiger charge is 2.36. The largest absolute Gasteiger partial charge is 0.454 e. The van der Waals surface area contributed by atoms with E-state index in [1.54, 1.807) is 17.0 Å². The van der Waals surface area contributed by atoms with Crippen molar-refractivity contribution in [1.82, 2.24) is 5.32 Å². The molecule has 1 fully saturated rings. The van der Waals surface area contributed by atoms with Crippen molar-refractivity contribution < 1.29 is 19.1 Å². The van der Waals surface area contributed by atoms with Gasteiger partial charge in [0.25, 0.3) is 0 Å². The van der Waals surface area contributed by atoms with Crippen molar-refractivity contribution in [2.75, 3.05) is 18.2 Å². The van der Waals surface area contributed by atoms with E-state index in [0.717, 1.165) is 11.3 Å². The van der Waals surface area contributed by atoms with Gasteiger partial charge in [0.05, 0.1) is 12.0 Å². The summed E-state index contributed by atoms with van der Waals surface area (Å²) in [7, 11) is 0. The fourth-order valence-electron chi connectivity index (χ4n) is 3.77. The molecule has 0 saturated carbocycles. The van der Waals surface area contributed by atoms with Crippen LogP contribution in [0.4, 0.5) is 5.69 Å². The number of nitrogens with one attached hydrogen (secondary N) is 1. The predicted octanol–water partition coefficient (Wildman–Crippen LogP) is 3.77. The second kappa shape index (κ2) is 7.78. The molecule has 6 nitrogen and oxygen atoms in total. The molecule has 2 atom stereocenters. The molecule has 152 valence electrons. The number of carbonyl (C=O) groups excluding carboxylic acids is 2. The van der Waals surface area contributed by atoms with Gasteiger partial charge < -0.3 is 19.7 Å². The molecule has 1 saturated heterocycles. The highest BCUT2D eigenvalue weighted by atomic mass is 16.7. The average Bonchev–Trinajstić information content (AvgIpc) is 3.33. The van der Waals surface area contributed by atoms with Crippen molar-refractivity contribution in [3.05, 3.63) is 53.6 Å². The van der Waals surface area contributed by atoms with Crippen LogP contribution in [0.15, 0.2) is 42.5 Å². The van der Waals surface area contributed by atoms with Gasteiger partial charge in [-0.3, -0.25) is 9.59 Å². The lowest BCUT2D eigenvalue weighted by Gasteiger charge is -2.19. The lowest BCUT2D eigenvalue weighted by molar-refractivity contribution is -0.126. The Labute approximate surface area is 170 Å². The third kappa shape index (κ3) is 3.92. The number of rotatable bonds is 5. The Hall–Kier alpha value is -3.02. The second-order valence-electron chi connectivity index (χ2n) is 7.99. The van der Waals surface area contributed by atoms with Crippen molar-refractivity contribution in [2.24, 2.45) is 5.92 Å². The number of benzene rings is 2. The molecule has 2 amide bonds. The Morgan fingerprint density at radius 2 is 1.72 bits per heavy atom. The minimum absolute atomic E-state index is 0.0574. The molecule has 4 rings (SSSR count). The SMILES string of the molecule is CC(C)c1ccc([C@@H](C)NC(=O)[C@@H]2CC(=O)N(c3ccc4c(c3)OCO4)C2)cc1. The first kappa shape index (κ1) is 19.3. The Balaban J connectivity index is 1.40. The Kier molecular flexibility index (Phi) is 5.18. The smallest absolute Gasteiger partial charge is 0.231 e. The summed E-state index contributed by atoms with van der Waals surface area (Å²) in [6, 6.07) is 13.6. The topological polar surface area (TPSA) is 67.9 Å². The van der Waals surface area contributed by atoms with Gasteiger partial charge in [0.15, 0.2) is 11.5 Å². The summed E-state index contributed by atoms with van der Waals surface area (Å²) in [5, 5.41) is 3.06.